The Morgan fingerprint density at radius 3 is 2.95 bits per heavy atom. The molecule has 1 heterocycles. The van der Waals surface area contributed by atoms with Crippen molar-refractivity contribution in [1.82, 2.24) is 10.6 Å². The molecule has 1 saturated heterocycles. The number of carbonyl (C=O) groups is 1. The molecule has 4 heteroatoms. The predicted molar refractivity (Wildman–Crippen MR) is 72.7 cm³/mol. The summed E-state index contributed by atoms with van der Waals surface area (Å²) in [5.41, 5.74) is 2.19. The zero-order valence-electron chi connectivity index (χ0n) is 10.9. The van der Waals surface area contributed by atoms with Gasteiger partial charge in [0.1, 0.15) is 0 Å². The lowest BCUT2D eigenvalue weighted by molar-refractivity contribution is -0.125. The van der Waals surface area contributed by atoms with E-state index in [0.29, 0.717) is 6.42 Å². The van der Waals surface area contributed by atoms with E-state index in [1.54, 1.807) is 0 Å². The topological polar surface area (TPSA) is 61.4 Å². The highest BCUT2D eigenvalue weighted by Gasteiger charge is 2.33. The Balaban J connectivity index is 1.71. The molecule has 3 rings (SSSR count). The number of fused-ring (bicyclic) bond motifs is 1. The Hall–Kier alpha value is -1.39. The van der Waals surface area contributed by atoms with Gasteiger partial charge in [0.15, 0.2) is 0 Å². The molecule has 1 aliphatic carbocycles. The van der Waals surface area contributed by atoms with Crippen LogP contribution in [0.5, 0.6) is 0 Å². The summed E-state index contributed by atoms with van der Waals surface area (Å²) in [6, 6.07) is 7.57. The van der Waals surface area contributed by atoms with Crippen LogP contribution in [-0.4, -0.2) is 29.7 Å². The van der Waals surface area contributed by atoms with Gasteiger partial charge in [0.05, 0.1) is 18.2 Å². The maximum Gasteiger partial charge on any atom is 0.237 e. The summed E-state index contributed by atoms with van der Waals surface area (Å²) in [6.07, 6.45) is 3.23. The molecule has 1 amide bonds. The fraction of sp³-hybridized carbons (Fsp3) is 0.533. The highest BCUT2D eigenvalue weighted by atomic mass is 16.3. The first-order chi connectivity index (χ1) is 9.25. The number of carbonyl (C=O) groups excluding carboxylic acids is 1. The van der Waals surface area contributed by atoms with E-state index < -0.39 is 6.10 Å². The predicted octanol–water partition coefficient (Wildman–Crippen LogP) is 0.903. The van der Waals surface area contributed by atoms with E-state index in [1.165, 1.54) is 0 Å². The van der Waals surface area contributed by atoms with Crippen LogP contribution in [0.4, 0.5) is 0 Å². The van der Waals surface area contributed by atoms with Crippen LogP contribution >= 0.6 is 0 Å². The molecule has 0 aromatic heterocycles. The van der Waals surface area contributed by atoms with Gasteiger partial charge < -0.3 is 15.7 Å². The van der Waals surface area contributed by atoms with Crippen LogP contribution in [0.3, 0.4) is 0 Å². The van der Waals surface area contributed by atoms with Gasteiger partial charge in [-0.05, 0) is 30.5 Å². The van der Waals surface area contributed by atoms with Crippen LogP contribution in [-0.2, 0) is 11.2 Å². The summed E-state index contributed by atoms with van der Waals surface area (Å²) in [4.78, 5) is 12.2. The lowest BCUT2D eigenvalue weighted by Crippen LogP contribution is -2.48. The van der Waals surface area contributed by atoms with Crippen LogP contribution in [0.1, 0.15) is 36.4 Å². The van der Waals surface area contributed by atoms with Gasteiger partial charge in [0.2, 0.25) is 5.91 Å². The fourth-order valence-corrected chi connectivity index (χ4v) is 3.08. The Kier molecular flexibility index (Phi) is 3.53. The molecule has 3 atom stereocenters. The van der Waals surface area contributed by atoms with E-state index >= 15 is 0 Å². The lowest BCUT2D eigenvalue weighted by atomic mass is 10.0. The number of amides is 1. The SMILES string of the molecule is O=C(N[C@H]1c2ccccc2C[C@H]1O)C1CCCCN1. The maximum absolute atomic E-state index is 12.2. The van der Waals surface area contributed by atoms with Gasteiger partial charge in [-0.1, -0.05) is 30.7 Å². The molecule has 0 spiro atoms. The number of piperidine rings is 1. The molecule has 3 N–H and O–H groups in total. The molecule has 1 fully saturated rings. The third kappa shape index (κ3) is 2.51. The Labute approximate surface area is 113 Å². The third-order valence-electron chi connectivity index (χ3n) is 4.13. The molecule has 19 heavy (non-hydrogen) atoms. The van der Waals surface area contributed by atoms with Crippen molar-refractivity contribution in [1.29, 1.82) is 0 Å². The Morgan fingerprint density at radius 2 is 2.16 bits per heavy atom. The lowest BCUT2D eigenvalue weighted by Gasteiger charge is -2.26. The molecule has 1 unspecified atom stereocenters. The summed E-state index contributed by atoms with van der Waals surface area (Å²) in [6.45, 7) is 0.905. The van der Waals surface area contributed by atoms with Crippen molar-refractivity contribution in [2.75, 3.05) is 6.54 Å². The molecule has 1 aromatic carbocycles. The van der Waals surface area contributed by atoms with E-state index in [9.17, 15) is 9.90 Å². The smallest absolute Gasteiger partial charge is 0.237 e. The van der Waals surface area contributed by atoms with Gasteiger partial charge in [-0.3, -0.25) is 4.79 Å². The van der Waals surface area contributed by atoms with Gasteiger partial charge in [0.25, 0.3) is 0 Å². The molecule has 4 nitrogen and oxygen atoms in total. The first kappa shape index (κ1) is 12.6. The van der Waals surface area contributed by atoms with E-state index in [-0.39, 0.29) is 18.0 Å². The van der Waals surface area contributed by atoms with Crippen LogP contribution in [0, 0.1) is 0 Å². The molecular weight excluding hydrogens is 240 g/mol. The monoisotopic (exact) mass is 260 g/mol. The van der Waals surface area contributed by atoms with Crippen LogP contribution < -0.4 is 10.6 Å². The first-order valence-corrected chi connectivity index (χ1v) is 7.05. The molecule has 1 aliphatic heterocycles. The minimum Gasteiger partial charge on any atom is -0.390 e. The molecule has 0 radical (unpaired) electrons. The van der Waals surface area contributed by atoms with Crippen molar-refractivity contribution in [3.05, 3.63) is 35.4 Å². The van der Waals surface area contributed by atoms with Crippen LogP contribution in [0.2, 0.25) is 0 Å². The number of aliphatic hydroxyl groups excluding tert-OH is 1. The summed E-state index contributed by atoms with van der Waals surface area (Å²) in [7, 11) is 0. The average molecular weight is 260 g/mol. The van der Waals surface area contributed by atoms with Crippen molar-refractivity contribution in [2.45, 2.75) is 43.9 Å². The largest absolute Gasteiger partial charge is 0.390 e. The number of rotatable bonds is 2. The molecule has 0 bridgehead atoms. The molecule has 1 aromatic rings. The van der Waals surface area contributed by atoms with Gasteiger partial charge >= 0.3 is 0 Å². The number of benzene rings is 1. The van der Waals surface area contributed by atoms with Crippen molar-refractivity contribution in [3.63, 3.8) is 0 Å². The highest BCUT2D eigenvalue weighted by molar-refractivity contribution is 5.82. The first-order valence-electron chi connectivity index (χ1n) is 7.05. The average Bonchev–Trinajstić information content (AvgIpc) is 2.76. The summed E-state index contributed by atoms with van der Waals surface area (Å²) in [5, 5.41) is 16.4. The van der Waals surface area contributed by atoms with Crippen molar-refractivity contribution in [3.8, 4) is 0 Å². The Bertz CT molecular complexity index is 469. The van der Waals surface area contributed by atoms with Crippen molar-refractivity contribution < 1.29 is 9.90 Å². The van der Waals surface area contributed by atoms with Gasteiger partial charge in [-0.15, -0.1) is 0 Å². The second-order valence-corrected chi connectivity index (χ2v) is 5.46. The number of aliphatic hydroxyl groups is 1. The summed E-state index contributed by atoms with van der Waals surface area (Å²) < 4.78 is 0. The molecule has 0 saturated carbocycles. The van der Waals surface area contributed by atoms with Crippen molar-refractivity contribution >= 4 is 5.91 Å². The number of nitrogens with one attached hydrogen (secondary N) is 2. The van der Waals surface area contributed by atoms with Gasteiger partial charge in [-0.2, -0.15) is 0 Å². The standard InChI is InChI=1S/C15H20N2O2/c18-13-9-10-5-1-2-6-11(10)14(13)17-15(19)12-7-3-4-8-16-12/h1-2,5-6,12-14,16,18H,3-4,7-9H2,(H,17,19)/t12?,13-,14+/m1/s1. The molecule has 102 valence electrons. The zero-order chi connectivity index (χ0) is 13.2. The second kappa shape index (κ2) is 5.31. The number of hydrogen-bond donors (Lipinski definition) is 3. The normalized spacial score (nSPS) is 29.8. The summed E-state index contributed by atoms with van der Waals surface area (Å²) in [5.74, 6) is 0.0143. The third-order valence-corrected chi connectivity index (χ3v) is 4.13. The minimum absolute atomic E-state index is 0.0143. The van der Waals surface area contributed by atoms with E-state index in [4.69, 9.17) is 0 Å². The van der Waals surface area contributed by atoms with Crippen LogP contribution in [0.25, 0.3) is 0 Å². The fourth-order valence-electron chi connectivity index (χ4n) is 3.08. The van der Waals surface area contributed by atoms with E-state index in [0.717, 1.165) is 36.9 Å². The minimum atomic E-state index is -0.509. The van der Waals surface area contributed by atoms with Crippen LogP contribution in [0.15, 0.2) is 24.3 Å². The Morgan fingerprint density at radius 1 is 1.32 bits per heavy atom. The van der Waals surface area contributed by atoms with Crippen molar-refractivity contribution in [2.24, 2.45) is 0 Å². The van der Waals surface area contributed by atoms with Gasteiger partial charge in [-0.25, -0.2) is 0 Å². The molecule has 2 aliphatic rings. The number of hydrogen-bond acceptors (Lipinski definition) is 3. The van der Waals surface area contributed by atoms with E-state index in [1.807, 2.05) is 24.3 Å². The maximum atomic E-state index is 12.2. The quantitative estimate of drug-likeness (QED) is 0.740. The summed E-state index contributed by atoms with van der Waals surface area (Å²) >= 11 is 0. The zero-order valence-corrected chi connectivity index (χ0v) is 10.9. The molecular formula is C15H20N2O2. The second-order valence-electron chi connectivity index (χ2n) is 5.46. The highest BCUT2D eigenvalue weighted by Crippen LogP contribution is 2.31. The van der Waals surface area contributed by atoms with Gasteiger partial charge in [0, 0.05) is 6.42 Å². The van der Waals surface area contributed by atoms with E-state index in [2.05, 4.69) is 10.6 Å².